The lowest BCUT2D eigenvalue weighted by Gasteiger charge is -2.42. The Morgan fingerprint density at radius 1 is 1.40 bits per heavy atom. The first-order valence-corrected chi connectivity index (χ1v) is 7.31. The number of carbonyl (C=O) groups is 2. The third kappa shape index (κ3) is 3.30. The summed E-state index contributed by atoms with van der Waals surface area (Å²) >= 11 is 0. The van der Waals surface area contributed by atoms with Crippen molar-refractivity contribution < 1.29 is 14.3 Å². The van der Waals surface area contributed by atoms with E-state index >= 15 is 0 Å². The molecule has 0 bridgehead atoms. The fourth-order valence-electron chi connectivity index (χ4n) is 2.65. The number of hydrogen-bond donors (Lipinski definition) is 1. The fraction of sp³-hybridized carbons (Fsp3) is 0.857. The van der Waals surface area contributed by atoms with Crippen molar-refractivity contribution in [2.45, 2.75) is 52.2 Å². The Morgan fingerprint density at radius 2 is 2.10 bits per heavy atom. The second kappa shape index (κ2) is 5.69. The van der Waals surface area contributed by atoms with E-state index in [2.05, 4.69) is 5.32 Å². The van der Waals surface area contributed by atoms with Crippen LogP contribution in [0.5, 0.6) is 0 Å². The molecule has 0 saturated carbocycles. The van der Waals surface area contributed by atoms with Gasteiger partial charge in [0, 0.05) is 19.0 Å². The summed E-state index contributed by atoms with van der Waals surface area (Å²) in [6.07, 6.45) is 1.56. The zero-order chi connectivity index (χ0) is 14.9. The quantitative estimate of drug-likeness (QED) is 0.719. The van der Waals surface area contributed by atoms with Crippen LogP contribution < -0.4 is 5.32 Å². The summed E-state index contributed by atoms with van der Waals surface area (Å²) < 4.78 is 5.47. The van der Waals surface area contributed by atoms with Gasteiger partial charge in [-0.05, 0) is 33.6 Å². The molecule has 6 heteroatoms. The van der Waals surface area contributed by atoms with E-state index in [4.69, 9.17) is 4.74 Å². The van der Waals surface area contributed by atoms with E-state index in [0.717, 1.165) is 13.0 Å². The van der Waals surface area contributed by atoms with E-state index in [1.807, 2.05) is 32.7 Å². The fourth-order valence-corrected chi connectivity index (χ4v) is 2.65. The van der Waals surface area contributed by atoms with Gasteiger partial charge in [-0.15, -0.1) is 0 Å². The Bertz CT molecular complexity index is 392. The van der Waals surface area contributed by atoms with Crippen LogP contribution in [0.25, 0.3) is 0 Å². The first-order chi connectivity index (χ1) is 9.29. The molecule has 2 aliphatic heterocycles. The normalized spacial score (nSPS) is 28.8. The number of carbonyl (C=O) groups excluding carboxylic acids is 2. The Balaban J connectivity index is 2.18. The molecule has 2 heterocycles. The highest BCUT2D eigenvalue weighted by Crippen LogP contribution is 2.24. The molecule has 0 unspecified atom stereocenters. The van der Waals surface area contributed by atoms with Crippen molar-refractivity contribution in [2.75, 3.05) is 19.8 Å². The smallest absolute Gasteiger partial charge is 0.331 e. The monoisotopic (exact) mass is 283 g/mol. The lowest BCUT2D eigenvalue weighted by Crippen LogP contribution is -2.59. The van der Waals surface area contributed by atoms with Gasteiger partial charge in [0.25, 0.3) is 0 Å². The summed E-state index contributed by atoms with van der Waals surface area (Å²) in [7, 11) is 0. The van der Waals surface area contributed by atoms with Gasteiger partial charge in [0.05, 0.1) is 6.67 Å². The largest absolute Gasteiger partial charge is 0.458 e. The summed E-state index contributed by atoms with van der Waals surface area (Å²) in [5.41, 5.74) is -0.530. The van der Waals surface area contributed by atoms with Gasteiger partial charge in [-0.2, -0.15) is 0 Å². The van der Waals surface area contributed by atoms with Gasteiger partial charge in [-0.1, -0.05) is 6.92 Å². The number of nitrogens with one attached hydrogen (secondary N) is 1. The molecule has 114 valence electrons. The number of amides is 1. The minimum absolute atomic E-state index is 0.00515. The van der Waals surface area contributed by atoms with Gasteiger partial charge in [-0.25, -0.2) is 9.80 Å². The maximum absolute atomic E-state index is 12.5. The summed E-state index contributed by atoms with van der Waals surface area (Å²) in [4.78, 5) is 24.9. The van der Waals surface area contributed by atoms with Crippen molar-refractivity contribution >= 4 is 11.9 Å². The van der Waals surface area contributed by atoms with Crippen LogP contribution in [0.15, 0.2) is 0 Å². The number of hydrazine groups is 1. The number of ether oxygens (including phenoxy) is 1. The number of esters is 1. The van der Waals surface area contributed by atoms with Crippen molar-refractivity contribution in [3.05, 3.63) is 0 Å². The van der Waals surface area contributed by atoms with E-state index in [1.165, 1.54) is 0 Å². The van der Waals surface area contributed by atoms with E-state index in [-0.39, 0.29) is 17.8 Å². The van der Waals surface area contributed by atoms with E-state index in [1.54, 1.807) is 5.01 Å². The predicted octanol–water partition coefficient (Wildman–Crippen LogP) is 0.733. The van der Waals surface area contributed by atoms with Crippen molar-refractivity contribution in [1.82, 2.24) is 15.3 Å². The van der Waals surface area contributed by atoms with Crippen LogP contribution in [0.2, 0.25) is 0 Å². The van der Waals surface area contributed by atoms with Crippen molar-refractivity contribution in [1.29, 1.82) is 0 Å². The van der Waals surface area contributed by atoms with Crippen LogP contribution in [-0.2, 0) is 14.3 Å². The van der Waals surface area contributed by atoms with E-state index < -0.39 is 11.6 Å². The number of rotatable bonds is 1. The molecule has 2 fully saturated rings. The second-order valence-corrected chi connectivity index (χ2v) is 6.62. The number of fused-ring (bicyclic) bond motifs is 1. The first kappa shape index (κ1) is 15.3. The third-order valence-electron chi connectivity index (χ3n) is 3.56. The Morgan fingerprint density at radius 3 is 2.75 bits per heavy atom. The second-order valence-electron chi connectivity index (χ2n) is 6.62. The molecule has 6 nitrogen and oxygen atoms in total. The number of nitrogens with zero attached hydrogens (tertiary/aromatic N) is 2. The highest BCUT2D eigenvalue weighted by Gasteiger charge is 2.41. The molecule has 1 amide bonds. The molecule has 0 spiro atoms. The summed E-state index contributed by atoms with van der Waals surface area (Å²) in [5, 5.41) is 6.81. The average Bonchev–Trinajstić information content (AvgIpc) is 2.48. The lowest BCUT2D eigenvalue weighted by molar-refractivity contribution is -0.185. The maximum atomic E-state index is 12.5. The highest BCUT2D eigenvalue weighted by atomic mass is 16.6. The zero-order valence-corrected chi connectivity index (χ0v) is 12.8. The van der Waals surface area contributed by atoms with Crippen LogP contribution in [0.1, 0.15) is 40.5 Å². The van der Waals surface area contributed by atoms with E-state index in [0.29, 0.717) is 19.6 Å². The standard InChI is InChI=1S/C14H25N3O3/c1-10-8-15-9-16-7-5-6-11(17(16)12(10)18)13(19)20-14(2,3)4/h10-11,15H,5-9H2,1-4H3/t10-,11+/m1/s1. The van der Waals surface area contributed by atoms with Crippen molar-refractivity contribution in [3.63, 3.8) is 0 Å². The molecule has 20 heavy (non-hydrogen) atoms. The summed E-state index contributed by atoms with van der Waals surface area (Å²) in [6.45, 7) is 9.48. The maximum Gasteiger partial charge on any atom is 0.331 e. The molecule has 0 aromatic heterocycles. The minimum Gasteiger partial charge on any atom is -0.458 e. The van der Waals surface area contributed by atoms with Gasteiger partial charge in [-0.3, -0.25) is 9.80 Å². The van der Waals surface area contributed by atoms with Crippen LogP contribution in [0, 0.1) is 5.92 Å². The number of hydrogen-bond acceptors (Lipinski definition) is 5. The molecule has 1 N–H and O–H groups in total. The SMILES string of the molecule is C[C@@H]1CNCN2CCC[C@@H](C(=O)OC(C)(C)C)N2C1=O. The first-order valence-electron chi connectivity index (χ1n) is 7.31. The molecule has 0 aromatic rings. The summed E-state index contributed by atoms with van der Waals surface area (Å²) in [5.74, 6) is -0.418. The molecule has 2 rings (SSSR count). The Kier molecular flexibility index (Phi) is 4.34. The van der Waals surface area contributed by atoms with Crippen molar-refractivity contribution in [3.8, 4) is 0 Å². The molecule has 0 aliphatic carbocycles. The van der Waals surface area contributed by atoms with Gasteiger partial charge >= 0.3 is 5.97 Å². The van der Waals surface area contributed by atoms with Gasteiger partial charge < -0.3 is 10.1 Å². The summed E-state index contributed by atoms with van der Waals surface area (Å²) in [6, 6.07) is -0.488. The molecular formula is C14H25N3O3. The van der Waals surface area contributed by atoms with Crippen LogP contribution in [0.4, 0.5) is 0 Å². The van der Waals surface area contributed by atoms with Crippen LogP contribution >= 0.6 is 0 Å². The molecule has 2 aliphatic rings. The van der Waals surface area contributed by atoms with Crippen molar-refractivity contribution in [2.24, 2.45) is 5.92 Å². The van der Waals surface area contributed by atoms with E-state index in [9.17, 15) is 9.59 Å². The molecular weight excluding hydrogens is 258 g/mol. The predicted molar refractivity (Wildman–Crippen MR) is 74.5 cm³/mol. The topological polar surface area (TPSA) is 61.9 Å². The van der Waals surface area contributed by atoms with Crippen LogP contribution in [-0.4, -0.2) is 53.3 Å². The third-order valence-corrected chi connectivity index (χ3v) is 3.56. The average molecular weight is 283 g/mol. The molecule has 0 aromatic carbocycles. The molecule has 2 saturated heterocycles. The van der Waals surface area contributed by atoms with Gasteiger partial charge in [0.2, 0.25) is 5.91 Å². The zero-order valence-electron chi connectivity index (χ0n) is 12.8. The molecule has 2 atom stereocenters. The Hall–Kier alpha value is -1.14. The molecule has 0 radical (unpaired) electrons. The highest BCUT2D eigenvalue weighted by molar-refractivity contribution is 5.86. The van der Waals surface area contributed by atoms with Gasteiger partial charge in [0.15, 0.2) is 0 Å². The minimum atomic E-state index is -0.530. The lowest BCUT2D eigenvalue weighted by atomic mass is 10.0. The Labute approximate surface area is 120 Å². The van der Waals surface area contributed by atoms with Crippen LogP contribution in [0.3, 0.4) is 0 Å². The van der Waals surface area contributed by atoms with Gasteiger partial charge in [0.1, 0.15) is 11.6 Å².